The fourth-order valence-electron chi connectivity index (χ4n) is 1.83. The van der Waals surface area contributed by atoms with Gasteiger partial charge < -0.3 is 25.6 Å². The minimum absolute atomic E-state index is 0.0653. The van der Waals surface area contributed by atoms with Crippen molar-refractivity contribution in [2.24, 2.45) is 5.92 Å². The lowest BCUT2D eigenvalue weighted by Crippen LogP contribution is -2.51. The normalized spacial score (nSPS) is 21.7. The molecule has 4 N–H and O–H groups in total. The lowest BCUT2D eigenvalue weighted by Gasteiger charge is -2.21. The van der Waals surface area contributed by atoms with E-state index in [4.69, 9.17) is 14.9 Å². The monoisotopic (exact) mass is 302 g/mol. The zero-order valence-corrected chi connectivity index (χ0v) is 12.2. The van der Waals surface area contributed by atoms with Gasteiger partial charge in [0.05, 0.1) is 0 Å². The van der Waals surface area contributed by atoms with Crippen molar-refractivity contribution in [3.8, 4) is 0 Å². The molecule has 1 heterocycles. The highest BCUT2D eigenvalue weighted by Gasteiger charge is 2.51. The number of carbonyl (C=O) groups excluding carboxylic acids is 2. The van der Waals surface area contributed by atoms with Crippen LogP contribution >= 0.6 is 0 Å². The molecule has 0 aromatic heterocycles. The van der Waals surface area contributed by atoms with Crippen LogP contribution in [0.15, 0.2) is 0 Å². The number of amides is 2. The predicted octanol–water partition coefficient (Wildman–Crippen LogP) is -1.13. The molecule has 0 saturated carbocycles. The van der Waals surface area contributed by atoms with Gasteiger partial charge in [0.25, 0.3) is 5.91 Å². The van der Waals surface area contributed by atoms with Crippen LogP contribution in [0, 0.1) is 5.92 Å². The van der Waals surface area contributed by atoms with E-state index in [1.165, 1.54) is 0 Å². The summed E-state index contributed by atoms with van der Waals surface area (Å²) < 4.78 is 4.74. The van der Waals surface area contributed by atoms with Crippen molar-refractivity contribution in [2.45, 2.75) is 44.9 Å². The fourth-order valence-corrected chi connectivity index (χ4v) is 1.83. The average molecular weight is 302 g/mol. The first-order valence-electron chi connectivity index (χ1n) is 6.95. The van der Waals surface area contributed by atoms with Crippen LogP contribution in [0.3, 0.4) is 0 Å². The Morgan fingerprint density at radius 1 is 1.19 bits per heavy atom. The van der Waals surface area contributed by atoms with Gasteiger partial charge in [-0.1, -0.05) is 13.8 Å². The maximum Gasteiger partial charge on any atom is 0.336 e. The molecule has 0 bridgehead atoms. The van der Waals surface area contributed by atoms with E-state index in [0.29, 0.717) is 19.4 Å². The SMILES string of the molecule is CC(C)[C@H](NC(=O)[C@H]1O[C@@H]1C(=O)O)C(=O)NCCCCO. The Kier molecular flexibility index (Phi) is 6.57. The number of unbranched alkanes of at least 4 members (excludes halogenated alkanes) is 1. The molecule has 1 saturated heterocycles. The van der Waals surface area contributed by atoms with Crippen LogP contribution in [-0.2, 0) is 19.1 Å². The number of aliphatic hydroxyl groups is 1. The number of carboxylic acid groups (broad SMARTS) is 1. The summed E-state index contributed by atoms with van der Waals surface area (Å²) >= 11 is 0. The number of carbonyl (C=O) groups is 3. The van der Waals surface area contributed by atoms with Crippen LogP contribution in [-0.4, -0.2) is 59.4 Å². The topological polar surface area (TPSA) is 128 Å². The second-order valence-electron chi connectivity index (χ2n) is 5.27. The predicted molar refractivity (Wildman–Crippen MR) is 72.4 cm³/mol. The molecule has 21 heavy (non-hydrogen) atoms. The molecule has 2 amide bonds. The van der Waals surface area contributed by atoms with Crippen LogP contribution in [0.25, 0.3) is 0 Å². The van der Waals surface area contributed by atoms with Crippen molar-refractivity contribution in [1.29, 1.82) is 0 Å². The maximum atomic E-state index is 12.0. The fraction of sp³-hybridized carbons (Fsp3) is 0.769. The Bertz CT molecular complexity index is 398. The van der Waals surface area contributed by atoms with E-state index < -0.39 is 30.1 Å². The highest BCUT2D eigenvalue weighted by molar-refractivity contribution is 5.95. The summed E-state index contributed by atoms with van der Waals surface area (Å²) in [6.45, 7) is 4.04. The molecule has 0 unspecified atom stereocenters. The Morgan fingerprint density at radius 2 is 1.86 bits per heavy atom. The number of ether oxygens (including phenoxy) is 1. The summed E-state index contributed by atoms with van der Waals surface area (Å²) in [6.07, 6.45) is -0.903. The number of hydrogen-bond acceptors (Lipinski definition) is 5. The largest absolute Gasteiger partial charge is 0.479 e. The van der Waals surface area contributed by atoms with Crippen molar-refractivity contribution in [3.63, 3.8) is 0 Å². The second kappa shape index (κ2) is 7.94. The van der Waals surface area contributed by atoms with Crippen LogP contribution in [0.5, 0.6) is 0 Å². The van der Waals surface area contributed by atoms with Gasteiger partial charge in [-0.25, -0.2) is 4.79 Å². The summed E-state index contributed by atoms with van der Waals surface area (Å²) in [4.78, 5) is 34.4. The first-order valence-corrected chi connectivity index (χ1v) is 6.95. The Labute approximate surface area is 122 Å². The second-order valence-corrected chi connectivity index (χ2v) is 5.27. The van der Waals surface area contributed by atoms with Crippen LogP contribution in [0.2, 0.25) is 0 Å². The quantitative estimate of drug-likeness (QED) is 0.315. The molecule has 1 fully saturated rings. The molecular weight excluding hydrogens is 280 g/mol. The molecule has 120 valence electrons. The zero-order valence-electron chi connectivity index (χ0n) is 12.2. The van der Waals surface area contributed by atoms with Crippen molar-refractivity contribution < 1.29 is 29.3 Å². The number of carboxylic acids is 1. The van der Waals surface area contributed by atoms with Crippen LogP contribution in [0.1, 0.15) is 26.7 Å². The van der Waals surface area contributed by atoms with E-state index >= 15 is 0 Å². The van der Waals surface area contributed by atoms with Crippen molar-refractivity contribution in [3.05, 3.63) is 0 Å². The van der Waals surface area contributed by atoms with E-state index in [9.17, 15) is 14.4 Å². The number of aliphatic carboxylic acids is 1. The molecule has 3 atom stereocenters. The van der Waals surface area contributed by atoms with Gasteiger partial charge in [-0.3, -0.25) is 9.59 Å². The number of hydrogen-bond donors (Lipinski definition) is 4. The smallest absolute Gasteiger partial charge is 0.336 e. The molecular formula is C13H22N2O6. The van der Waals surface area contributed by atoms with Gasteiger partial charge in [0.2, 0.25) is 5.91 Å². The minimum atomic E-state index is -1.19. The highest BCUT2D eigenvalue weighted by Crippen LogP contribution is 2.22. The van der Waals surface area contributed by atoms with Gasteiger partial charge in [-0.15, -0.1) is 0 Å². The van der Waals surface area contributed by atoms with Crippen LogP contribution in [0.4, 0.5) is 0 Å². The van der Waals surface area contributed by atoms with E-state index in [2.05, 4.69) is 10.6 Å². The number of rotatable bonds is 9. The first-order chi connectivity index (χ1) is 9.88. The molecule has 0 aliphatic carbocycles. The van der Waals surface area contributed by atoms with E-state index in [1.54, 1.807) is 13.8 Å². The van der Waals surface area contributed by atoms with Crippen LogP contribution < -0.4 is 10.6 Å². The number of epoxide rings is 1. The Balaban J connectivity index is 2.44. The van der Waals surface area contributed by atoms with Gasteiger partial charge in [0.15, 0.2) is 12.2 Å². The molecule has 0 aromatic carbocycles. The molecule has 1 rings (SSSR count). The van der Waals surface area contributed by atoms with Gasteiger partial charge in [0, 0.05) is 13.2 Å². The van der Waals surface area contributed by atoms with E-state index in [1.807, 2.05) is 0 Å². The standard InChI is InChI=1S/C13H22N2O6/c1-7(2)8(11(17)14-5-3-4-6-16)15-12(18)9-10(21-9)13(19)20/h7-10,16H,3-6H2,1-2H3,(H,14,17)(H,15,18)(H,19,20)/t8-,9-,10-/m0/s1. The molecule has 0 radical (unpaired) electrons. The lowest BCUT2D eigenvalue weighted by molar-refractivity contribution is -0.138. The molecule has 8 heteroatoms. The van der Waals surface area contributed by atoms with Gasteiger partial charge >= 0.3 is 5.97 Å². The maximum absolute atomic E-state index is 12.0. The minimum Gasteiger partial charge on any atom is -0.479 e. The van der Waals surface area contributed by atoms with Gasteiger partial charge in [0.1, 0.15) is 6.04 Å². The summed E-state index contributed by atoms with van der Waals surface area (Å²) in [5.74, 6) is -2.26. The zero-order chi connectivity index (χ0) is 16.0. The van der Waals surface area contributed by atoms with E-state index in [-0.39, 0.29) is 18.4 Å². The average Bonchev–Trinajstić information content (AvgIpc) is 3.20. The summed E-state index contributed by atoms with van der Waals surface area (Å²) in [6, 6.07) is -0.745. The molecule has 1 aliphatic heterocycles. The number of aliphatic hydroxyl groups excluding tert-OH is 1. The third-order valence-corrected chi connectivity index (χ3v) is 3.12. The number of nitrogens with one attached hydrogen (secondary N) is 2. The first kappa shape index (κ1) is 17.4. The van der Waals surface area contributed by atoms with Crippen molar-refractivity contribution in [1.82, 2.24) is 10.6 Å². The third kappa shape index (κ3) is 5.31. The molecule has 1 aliphatic rings. The van der Waals surface area contributed by atoms with Crippen molar-refractivity contribution in [2.75, 3.05) is 13.2 Å². The molecule has 8 nitrogen and oxygen atoms in total. The summed E-state index contributed by atoms with van der Waals surface area (Å²) in [5, 5.41) is 22.5. The summed E-state index contributed by atoms with van der Waals surface area (Å²) in [5.41, 5.74) is 0. The highest BCUT2D eigenvalue weighted by atomic mass is 16.6. The molecule has 0 spiro atoms. The Hall–Kier alpha value is -1.67. The van der Waals surface area contributed by atoms with Crippen molar-refractivity contribution >= 4 is 17.8 Å². The van der Waals surface area contributed by atoms with E-state index in [0.717, 1.165) is 0 Å². The lowest BCUT2D eigenvalue weighted by atomic mass is 10.0. The van der Waals surface area contributed by atoms with Gasteiger partial charge in [-0.05, 0) is 18.8 Å². The Morgan fingerprint density at radius 3 is 2.33 bits per heavy atom. The molecule has 0 aromatic rings. The summed E-state index contributed by atoms with van der Waals surface area (Å²) in [7, 11) is 0. The van der Waals surface area contributed by atoms with Gasteiger partial charge in [-0.2, -0.15) is 0 Å². The third-order valence-electron chi connectivity index (χ3n) is 3.12.